The van der Waals surface area contributed by atoms with Crippen molar-refractivity contribution in [2.75, 3.05) is 5.32 Å². The monoisotopic (exact) mass is 210 g/mol. The summed E-state index contributed by atoms with van der Waals surface area (Å²) in [6, 6.07) is 11.6. The molecule has 0 unspecified atom stereocenters. The van der Waals surface area contributed by atoms with E-state index in [0.717, 1.165) is 11.3 Å². The molecule has 3 heteroatoms. The fraction of sp³-hybridized carbons (Fsp3) is 0. The number of benzene rings is 1. The Hall–Kier alpha value is -2.29. The molecule has 3 nitrogen and oxygen atoms in total. The maximum Gasteiger partial charge on any atom is 0.257 e. The molecule has 0 radical (unpaired) electrons. The molecular formula is C13H10N2O. The van der Waals surface area contributed by atoms with Crippen LogP contribution in [0.15, 0.2) is 48.8 Å². The molecule has 0 fully saturated rings. The molecule has 1 N–H and O–H groups in total. The molecule has 0 saturated heterocycles. The molecule has 16 heavy (non-hydrogen) atoms. The molecule has 1 aromatic heterocycles. The first-order chi connectivity index (χ1) is 7.84. The highest BCUT2D eigenvalue weighted by Gasteiger charge is 2.23. The van der Waals surface area contributed by atoms with Gasteiger partial charge < -0.3 is 9.88 Å². The molecule has 1 amide bonds. The van der Waals surface area contributed by atoms with Crippen LogP contribution in [0.1, 0.15) is 5.56 Å². The quantitative estimate of drug-likeness (QED) is 0.721. The van der Waals surface area contributed by atoms with E-state index < -0.39 is 0 Å². The van der Waals surface area contributed by atoms with Crippen molar-refractivity contribution in [2.45, 2.75) is 0 Å². The van der Waals surface area contributed by atoms with E-state index in [0.29, 0.717) is 5.57 Å². The van der Waals surface area contributed by atoms with Crippen LogP contribution < -0.4 is 5.32 Å². The van der Waals surface area contributed by atoms with E-state index >= 15 is 0 Å². The number of aromatic nitrogens is 1. The Labute approximate surface area is 93.0 Å². The lowest BCUT2D eigenvalue weighted by Crippen LogP contribution is -2.04. The van der Waals surface area contributed by atoms with Crippen LogP contribution in [-0.4, -0.2) is 10.5 Å². The van der Waals surface area contributed by atoms with Crippen molar-refractivity contribution in [2.24, 2.45) is 0 Å². The number of para-hydroxylation sites is 1. The lowest BCUT2D eigenvalue weighted by molar-refractivity contribution is -0.110. The van der Waals surface area contributed by atoms with Crippen LogP contribution in [0.2, 0.25) is 0 Å². The van der Waals surface area contributed by atoms with Gasteiger partial charge in [0.05, 0.1) is 5.57 Å². The van der Waals surface area contributed by atoms with Gasteiger partial charge in [-0.1, -0.05) is 18.2 Å². The highest BCUT2D eigenvalue weighted by molar-refractivity contribution is 6.34. The summed E-state index contributed by atoms with van der Waals surface area (Å²) in [5.41, 5.74) is 2.54. The average Bonchev–Trinajstić information content (AvgIpc) is 2.89. The maximum atomic E-state index is 11.8. The van der Waals surface area contributed by atoms with Crippen molar-refractivity contribution in [1.82, 2.24) is 4.57 Å². The van der Waals surface area contributed by atoms with Gasteiger partial charge in [0, 0.05) is 29.8 Å². The zero-order valence-electron chi connectivity index (χ0n) is 8.55. The first kappa shape index (κ1) is 8.97. The third kappa shape index (κ3) is 1.34. The van der Waals surface area contributed by atoms with Gasteiger partial charge in [-0.2, -0.15) is 0 Å². The summed E-state index contributed by atoms with van der Waals surface area (Å²) < 4.78 is 1.87. The first-order valence-corrected chi connectivity index (χ1v) is 5.09. The zero-order chi connectivity index (χ0) is 11.0. The Morgan fingerprint density at radius 2 is 1.81 bits per heavy atom. The molecule has 0 bridgehead atoms. The predicted molar refractivity (Wildman–Crippen MR) is 63.7 cm³/mol. The molecule has 0 aliphatic carbocycles. The Morgan fingerprint density at radius 1 is 1.06 bits per heavy atom. The summed E-state index contributed by atoms with van der Waals surface area (Å²) in [5.74, 6) is -0.0464. The van der Waals surface area contributed by atoms with E-state index in [1.165, 1.54) is 0 Å². The van der Waals surface area contributed by atoms with E-state index in [-0.39, 0.29) is 5.91 Å². The molecular weight excluding hydrogens is 200 g/mol. The van der Waals surface area contributed by atoms with Crippen molar-refractivity contribution >= 4 is 23.4 Å². The third-order valence-electron chi connectivity index (χ3n) is 2.62. The summed E-state index contributed by atoms with van der Waals surface area (Å²) in [5, 5.41) is 2.84. The third-order valence-corrected chi connectivity index (χ3v) is 2.62. The van der Waals surface area contributed by atoms with E-state index in [4.69, 9.17) is 0 Å². The minimum absolute atomic E-state index is 0.0464. The van der Waals surface area contributed by atoms with Gasteiger partial charge in [0.2, 0.25) is 0 Å². The van der Waals surface area contributed by atoms with Crippen LogP contribution in [0.25, 0.3) is 11.8 Å². The molecule has 78 valence electrons. The normalized spacial score (nSPS) is 16.2. The number of hydrogen-bond donors (Lipinski definition) is 1. The number of nitrogens with one attached hydrogen (secondary N) is 1. The molecule has 2 heterocycles. The van der Waals surface area contributed by atoms with Gasteiger partial charge in [0.15, 0.2) is 0 Å². The second kappa shape index (κ2) is 3.38. The number of fused-ring (bicyclic) bond motifs is 1. The summed E-state index contributed by atoms with van der Waals surface area (Å²) in [4.78, 5) is 11.8. The largest absolute Gasteiger partial charge is 0.330 e. The van der Waals surface area contributed by atoms with Crippen LogP contribution in [0.5, 0.6) is 0 Å². The Bertz CT molecular complexity index is 567. The van der Waals surface area contributed by atoms with E-state index in [1.807, 2.05) is 59.6 Å². The average molecular weight is 210 g/mol. The second-order valence-electron chi connectivity index (χ2n) is 3.67. The van der Waals surface area contributed by atoms with Crippen LogP contribution in [0.3, 0.4) is 0 Å². The highest BCUT2D eigenvalue weighted by atomic mass is 16.2. The van der Waals surface area contributed by atoms with Crippen molar-refractivity contribution < 1.29 is 4.79 Å². The van der Waals surface area contributed by atoms with Gasteiger partial charge in [0.1, 0.15) is 0 Å². The molecule has 0 saturated carbocycles. The molecule has 3 rings (SSSR count). The maximum absolute atomic E-state index is 11.8. The van der Waals surface area contributed by atoms with E-state index in [2.05, 4.69) is 5.32 Å². The lowest BCUT2D eigenvalue weighted by Gasteiger charge is -1.97. The number of hydrogen-bond acceptors (Lipinski definition) is 1. The van der Waals surface area contributed by atoms with E-state index in [1.54, 1.807) is 0 Å². The van der Waals surface area contributed by atoms with Crippen LogP contribution >= 0.6 is 0 Å². The van der Waals surface area contributed by atoms with Crippen molar-refractivity contribution in [1.29, 1.82) is 0 Å². The summed E-state index contributed by atoms with van der Waals surface area (Å²) in [6.07, 6.45) is 5.64. The molecule has 2 aromatic rings. The highest BCUT2D eigenvalue weighted by Crippen LogP contribution is 2.31. The van der Waals surface area contributed by atoms with Crippen LogP contribution in [0, 0.1) is 0 Å². The van der Waals surface area contributed by atoms with Gasteiger partial charge in [-0.15, -0.1) is 0 Å². The van der Waals surface area contributed by atoms with Crippen molar-refractivity contribution in [3.05, 3.63) is 54.4 Å². The minimum atomic E-state index is -0.0464. The molecule has 1 aliphatic rings. The van der Waals surface area contributed by atoms with Gasteiger partial charge >= 0.3 is 0 Å². The number of carbonyl (C=O) groups is 1. The second-order valence-corrected chi connectivity index (χ2v) is 3.67. The number of rotatable bonds is 1. The van der Waals surface area contributed by atoms with Gasteiger partial charge in [0.25, 0.3) is 5.91 Å². The molecule has 0 atom stereocenters. The fourth-order valence-electron chi connectivity index (χ4n) is 1.85. The van der Waals surface area contributed by atoms with Crippen molar-refractivity contribution in [3.63, 3.8) is 0 Å². The standard InChI is InChI=1S/C13H10N2O/c16-13-11(9-15-7-3-4-8-15)10-5-1-2-6-12(10)14-13/h1-9H,(H,14,16). The molecule has 1 aromatic carbocycles. The van der Waals surface area contributed by atoms with Crippen LogP contribution in [0.4, 0.5) is 5.69 Å². The Balaban J connectivity index is 2.12. The Kier molecular flexibility index (Phi) is 1.90. The van der Waals surface area contributed by atoms with E-state index in [9.17, 15) is 4.79 Å². The number of nitrogens with zero attached hydrogens (tertiary/aromatic N) is 1. The van der Waals surface area contributed by atoms with Crippen molar-refractivity contribution in [3.8, 4) is 0 Å². The van der Waals surface area contributed by atoms with Gasteiger partial charge in [-0.05, 0) is 18.2 Å². The summed E-state index contributed by atoms with van der Waals surface area (Å²) in [6.45, 7) is 0. The van der Waals surface area contributed by atoms with Crippen LogP contribution in [-0.2, 0) is 4.79 Å². The zero-order valence-corrected chi connectivity index (χ0v) is 8.55. The molecule has 1 aliphatic heterocycles. The number of carbonyl (C=O) groups excluding carboxylic acids is 1. The van der Waals surface area contributed by atoms with Gasteiger partial charge in [-0.3, -0.25) is 4.79 Å². The topological polar surface area (TPSA) is 34.0 Å². The number of amides is 1. The number of anilines is 1. The molecule has 0 spiro atoms. The first-order valence-electron chi connectivity index (χ1n) is 5.09. The summed E-state index contributed by atoms with van der Waals surface area (Å²) in [7, 11) is 0. The predicted octanol–water partition coefficient (Wildman–Crippen LogP) is 2.44. The Morgan fingerprint density at radius 3 is 2.62 bits per heavy atom. The smallest absolute Gasteiger partial charge is 0.257 e. The lowest BCUT2D eigenvalue weighted by atomic mass is 10.1. The SMILES string of the molecule is O=C1Nc2ccccc2C1=Cn1cccc1. The minimum Gasteiger partial charge on any atom is -0.330 e. The fourth-order valence-corrected chi connectivity index (χ4v) is 1.85. The summed E-state index contributed by atoms with van der Waals surface area (Å²) >= 11 is 0. The van der Waals surface area contributed by atoms with Gasteiger partial charge in [-0.25, -0.2) is 0 Å².